The van der Waals surface area contributed by atoms with Gasteiger partial charge >= 0.3 is 5.69 Å². The third-order valence-corrected chi connectivity index (χ3v) is 5.40. The molecule has 0 N–H and O–H groups in total. The normalized spacial score (nSPS) is 15.3. The molecule has 5 nitrogen and oxygen atoms in total. The predicted octanol–water partition coefficient (Wildman–Crippen LogP) is 4.92. The lowest BCUT2D eigenvalue weighted by Crippen LogP contribution is -2.32. The molecule has 29 heavy (non-hydrogen) atoms. The summed E-state index contributed by atoms with van der Waals surface area (Å²) in [5, 5.41) is 0. The molecule has 1 aromatic rings. The van der Waals surface area contributed by atoms with Crippen LogP contribution < -0.4 is 15.3 Å². The zero-order valence-corrected chi connectivity index (χ0v) is 18.3. The molecule has 0 unspecified atom stereocenters. The van der Waals surface area contributed by atoms with Gasteiger partial charge in [-0.2, -0.15) is 4.98 Å². The SMILES string of the molecule is CC/C=C(C)/C=C(/CCC1CCC1)c1c(OCCF)nc(=O)n(OC)c1CCC. The van der Waals surface area contributed by atoms with E-state index >= 15 is 0 Å². The largest absolute Gasteiger partial charge is 0.474 e. The summed E-state index contributed by atoms with van der Waals surface area (Å²) in [6.07, 6.45) is 12.6. The second-order valence-corrected chi connectivity index (χ2v) is 7.65. The van der Waals surface area contributed by atoms with E-state index < -0.39 is 12.4 Å². The summed E-state index contributed by atoms with van der Waals surface area (Å²) in [7, 11) is 1.47. The van der Waals surface area contributed by atoms with Crippen molar-refractivity contribution in [2.45, 2.75) is 72.1 Å². The molecule has 1 aliphatic carbocycles. The van der Waals surface area contributed by atoms with Crippen molar-refractivity contribution in [3.05, 3.63) is 39.5 Å². The van der Waals surface area contributed by atoms with E-state index in [2.05, 4.69) is 37.9 Å². The molecule has 1 aromatic heterocycles. The third kappa shape index (κ3) is 6.18. The minimum absolute atomic E-state index is 0.123. The Kier molecular flexibility index (Phi) is 9.42. The fourth-order valence-electron chi connectivity index (χ4n) is 3.81. The van der Waals surface area contributed by atoms with Crippen LogP contribution in [0.15, 0.2) is 22.5 Å². The number of allylic oxidation sites excluding steroid dienone is 4. The van der Waals surface area contributed by atoms with E-state index in [0.717, 1.165) is 54.0 Å². The molecule has 0 amide bonds. The van der Waals surface area contributed by atoms with Gasteiger partial charge in [-0.15, -0.1) is 4.73 Å². The van der Waals surface area contributed by atoms with E-state index in [1.165, 1.54) is 31.1 Å². The molecular weight excluding hydrogens is 371 g/mol. The smallest absolute Gasteiger partial charge is 0.384 e. The second kappa shape index (κ2) is 11.8. The van der Waals surface area contributed by atoms with Crippen molar-refractivity contribution in [1.82, 2.24) is 9.71 Å². The van der Waals surface area contributed by atoms with E-state index in [9.17, 15) is 9.18 Å². The average molecular weight is 407 g/mol. The number of hydrogen-bond donors (Lipinski definition) is 0. The van der Waals surface area contributed by atoms with Crippen molar-refractivity contribution in [3.63, 3.8) is 0 Å². The Morgan fingerprint density at radius 3 is 2.66 bits per heavy atom. The quantitative estimate of drug-likeness (QED) is 0.462. The highest BCUT2D eigenvalue weighted by Crippen LogP contribution is 2.37. The zero-order valence-electron chi connectivity index (χ0n) is 18.3. The number of ether oxygens (including phenoxy) is 1. The van der Waals surface area contributed by atoms with Crippen LogP contribution in [0.5, 0.6) is 5.88 Å². The van der Waals surface area contributed by atoms with Gasteiger partial charge in [0.2, 0.25) is 5.88 Å². The van der Waals surface area contributed by atoms with E-state index in [-0.39, 0.29) is 12.5 Å². The molecule has 0 atom stereocenters. The Morgan fingerprint density at radius 1 is 1.34 bits per heavy atom. The number of halogens is 1. The molecule has 1 heterocycles. The summed E-state index contributed by atoms with van der Waals surface area (Å²) in [6.45, 7) is 5.48. The summed E-state index contributed by atoms with van der Waals surface area (Å²) in [6, 6.07) is 0. The molecule has 0 spiro atoms. The number of hydrogen-bond acceptors (Lipinski definition) is 4. The van der Waals surface area contributed by atoms with Gasteiger partial charge in [-0.3, -0.25) is 0 Å². The maximum Gasteiger partial charge on any atom is 0.384 e. The van der Waals surface area contributed by atoms with Gasteiger partial charge in [-0.05, 0) is 44.1 Å². The summed E-state index contributed by atoms with van der Waals surface area (Å²) in [4.78, 5) is 21.9. The second-order valence-electron chi connectivity index (χ2n) is 7.65. The molecule has 162 valence electrons. The van der Waals surface area contributed by atoms with Gasteiger partial charge in [0.1, 0.15) is 20.4 Å². The Bertz CT molecular complexity index is 779. The summed E-state index contributed by atoms with van der Waals surface area (Å²) in [5.74, 6) is 0.966. The van der Waals surface area contributed by atoms with Crippen molar-refractivity contribution in [2.75, 3.05) is 20.4 Å². The molecule has 6 heteroatoms. The van der Waals surface area contributed by atoms with Crippen LogP contribution in [-0.2, 0) is 6.42 Å². The first-order valence-corrected chi connectivity index (χ1v) is 10.8. The highest BCUT2D eigenvalue weighted by atomic mass is 19.1. The van der Waals surface area contributed by atoms with Crippen molar-refractivity contribution < 1.29 is 14.0 Å². The molecule has 0 aromatic carbocycles. The highest BCUT2D eigenvalue weighted by Gasteiger charge is 2.24. The summed E-state index contributed by atoms with van der Waals surface area (Å²) < 4.78 is 19.7. The van der Waals surface area contributed by atoms with Crippen LogP contribution >= 0.6 is 0 Å². The monoisotopic (exact) mass is 406 g/mol. The van der Waals surface area contributed by atoms with Crippen molar-refractivity contribution in [2.24, 2.45) is 5.92 Å². The number of alkyl halides is 1. The van der Waals surface area contributed by atoms with Crippen molar-refractivity contribution >= 4 is 5.57 Å². The molecule has 0 saturated heterocycles. The average Bonchev–Trinajstić information content (AvgIpc) is 2.65. The summed E-state index contributed by atoms with van der Waals surface area (Å²) in [5.41, 5.74) is 3.23. The Hall–Kier alpha value is -2.11. The van der Waals surface area contributed by atoms with Crippen molar-refractivity contribution in [3.8, 4) is 5.88 Å². The van der Waals surface area contributed by atoms with Crippen LogP contribution in [0.4, 0.5) is 4.39 Å². The summed E-state index contributed by atoms with van der Waals surface area (Å²) >= 11 is 0. The molecule has 1 fully saturated rings. The topological polar surface area (TPSA) is 53.3 Å². The lowest BCUT2D eigenvalue weighted by molar-refractivity contribution is 0.140. The van der Waals surface area contributed by atoms with Gasteiger partial charge in [0.15, 0.2) is 0 Å². The minimum atomic E-state index is -0.631. The predicted molar refractivity (Wildman–Crippen MR) is 115 cm³/mol. The van der Waals surface area contributed by atoms with Gasteiger partial charge in [0, 0.05) is 0 Å². The molecule has 2 rings (SSSR count). The first kappa shape index (κ1) is 23.2. The van der Waals surface area contributed by atoms with Gasteiger partial charge in [0.05, 0.1) is 11.3 Å². The van der Waals surface area contributed by atoms with Crippen molar-refractivity contribution in [1.29, 1.82) is 0 Å². The fourth-order valence-corrected chi connectivity index (χ4v) is 3.81. The Morgan fingerprint density at radius 2 is 2.10 bits per heavy atom. The lowest BCUT2D eigenvalue weighted by Gasteiger charge is -2.26. The first-order valence-electron chi connectivity index (χ1n) is 10.8. The van der Waals surface area contributed by atoms with E-state index in [4.69, 9.17) is 9.57 Å². The molecule has 1 aliphatic rings. The van der Waals surface area contributed by atoms with E-state index in [1.807, 2.05) is 0 Å². The van der Waals surface area contributed by atoms with Crippen LogP contribution in [0.3, 0.4) is 0 Å². The first-order chi connectivity index (χ1) is 14.0. The van der Waals surface area contributed by atoms with Gasteiger partial charge < -0.3 is 9.57 Å². The van der Waals surface area contributed by atoms with Crippen LogP contribution in [-0.4, -0.2) is 30.1 Å². The minimum Gasteiger partial charge on any atom is -0.474 e. The van der Waals surface area contributed by atoms with Gasteiger partial charge in [-0.1, -0.05) is 57.3 Å². The van der Waals surface area contributed by atoms with Gasteiger partial charge in [-0.25, -0.2) is 9.18 Å². The van der Waals surface area contributed by atoms with Crippen LogP contribution in [0.2, 0.25) is 0 Å². The lowest BCUT2D eigenvalue weighted by atomic mass is 9.80. The zero-order chi connectivity index (χ0) is 21.2. The molecule has 0 aliphatic heterocycles. The van der Waals surface area contributed by atoms with E-state index in [1.54, 1.807) is 0 Å². The maximum atomic E-state index is 12.8. The number of aromatic nitrogens is 2. The number of nitrogens with zero attached hydrogens (tertiary/aromatic N) is 2. The van der Waals surface area contributed by atoms with Crippen LogP contribution in [0, 0.1) is 5.92 Å². The molecular formula is C23H35FN2O3. The molecule has 1 saturated carbocycles. The highest BCUT2D eigenvalue weighted by molar-refractivity contribution is 5.73. The number of rotatable bonds is 12. The fraction of sp³-hybridized carbons (Fsp3) is 0.652. The Balaban J connectivity index is 2.62. The maximum absolute atomic E-state index is 12.8. The molecule has 0 bridgehead atoms. The van der Waals surface area contributed by atoms with E-state index in [0.29, 0.717) is 6.42 Å². The van der Waals surface area contributed by atoms with Crippen LogP contribution in [0.25, 0.3) is 5.57 Å². The van der Waals surface area contributed by atoms with Crippen LogP contribution in [0.1, 0.15) is 77.0 Å². The molecule has 0 radical (unpaired) electrons. The van der Waals surface area contributed by atoms with Gasteiger partial charge in [0.25, 0.3) is 0 Å². The standard InChI is InChI=1S/C23H35FN2O3/c1-5-8-17(3)16-19(13-12-18-10-7-11-18)21-20(9-6-2)26(28-4)23(27)25-22(21)29-15-14-24/h8,16,18H,5-7,9-15H2,1-4H3/b17-8+,19-16-. The third-order valence-electron chi connectivity index (χ3n) is 5.40. The Labute approximate surface area is 173 Å².